The van der Waals surface area contributed by atoms with Gasteiger partial charge in [-0.25, -0.2) is 9.78 Å². The molecule has 0 aliphatic heterocycles. The van der Waals surface area contributed by atoms with E-state index in [4.69, 9.17) is 9.84 Å². The van der Waals surface area contributed by atoms with Crippen molar-refractivity contribution in [2.45, 2.75) is 19.4 Å². The fourth-order valence-corrected chi connectivity index (χ4v) is 1.79. The Morgan fingerprint density at radius 3 is 2.82 bits per heavy atom. The zero-order valence-corrected chi connectivity index (χ0v) is 10.4. The number of hydrogen-bond donors (Lipinski definition) is 2. The molecule has 0 spiro atoms. The van der Waals surface area contributed by atoms with E-state index in [0.717, 1.165) is 5.01 Å². The van der Waals surface area contributed by atoms with Crippen LogP contribution in [-0.2, 0) is 9.53 Å². The average molecular weight is 258 g/mol. The molecular weight excluding hydrogens is 244 g/mol. The number of carboxylic acid groups (broad SMARTS) is 1. The van der Waals surface area contributed by atoms with Gasteiger partial charge in [-0.1, -0.05) is 0 Å². The smallest absolute Gasteiger partial charge is 0.326 e. The Morgan fingerprint density at radius 2 is 2.35 bits per heavy atom. The van der Waals surface area contributed by atoms with E-state index in [1.54, 1.807) is 12.3 Å². The van der Waals surface area contributed by atoms with Crippen molar-refractivity contribution in [1.82, 2.24) is 10.3 Å². The number of methoxy groups -OCH3 is 1. The van der Waals surface area contributed by atoms with Crippen LogP contribution in [0.4, 0.5) is 0 Å². The van der Waals surface area contributed by atoms with Gasteiger partial charge in [-0.05, 0) is 6.92 Å². The zero-order chi connectivity index (χ0) is 12.8. The van der Waals surface area contributed by atoms with Gasteiger partial charge in [0.15, 0.2) is 0 Å². The number of carboxylic acids is 1. The number of carbonyl (C=O) groups excluding carboxylic acids is 1. The molecule has 0 radical (unpaired) electrons. The van der Waals surface area contributed by atoms with E-state index in [9.17, 15) is 9.59 Å². The number of thiazole rings is 1. The van der Waals surface area contributed by atoms with E-state index < -0.39 is 17.9 Å². The first kappa shape index (κ1) is 13.6. The molecule has 0 bridgehead atoms. The summed E-state index contributed by atoms with van der Waals surface area (Å²) in [5.74, 6) is -1.56. The highest BCUT2D eigenvalue weighted by atomic mass is 32.1. The molecule has 0 aromatic carbocycles. The summed E-state index contributed by atoms with van der Waals surface area (Å²) in [5.41, 5.74) is 0.246. The Bertz CT molecular complexity index is 405. The van der Waals surface area contributed by atoms with Crippen LogP contribution in [0, 0.1) is 6.92 Å². The van der Waals surface area contributed by atoms with Crippen molar-refractivity contribution < 1.29 is 19.4 Å². The van der Waals surface area contributed by atoms with Crippen molar-refractivity contribution in [1.29, 1.82) is 0 Å². The van der Waals surface area contributed by atoms with Gasteiger partial charge in [-0.15, -0.1) is 11.3 Å². The monoisotopic (exact) mass is 258 g/mol. The Labute approximate surface area is 103 Å². The number of nitrogens with one attached hydrogen (secondary N) is 1. The number of hydrogen-bond acceptors (Lipinski definition) is 5. The third-order valence-electron chi connectivity index (χ3n) is 2.07. The fraction of sp³-hybridized carbons (Fsp3) is 0.500. The SMILES string of the molecule is COCCC(NC(=O)c1csc(C)n1)C(=O)O. The lowest BCUT2D eigenvalue weighted by Crippen LogP contribution is -2.41. The van der Waals surface area contributed by atoms with E-state index in [1.807, 2.05) is 0 Å². The number of carbonyl (C=O) groups is 2. The molecule has 2 N–H and O–H groups in total. The largest absolute Gasteiger partial charge is 0.480 e. The van der Waals surface area contributed by atoms with Crippen molar-refractivity contribution in [3.8, 4) is 0 Å². The molecule has 0 saturated heterocycles. The topological polar surface area (TPSA) is 88.5 Å². The van der Waals surface area contributed by atoms with Crippen molar-refractivity contribution >= 4 is 23.2 Å². The van der Waals surface area contributed by atoms with Crippen LogP contribution < -0.4 is 5.32 Å². The van der Waals surface area contributed by atoms with E-state index in [-0.39, 0.29) is 18.7 Å². The number of ether oxygens (including phenoxy) is 1. The molecule has 1 aromatic heterocycles. The van der Waals surface area contributed by atoms with Crippen LogP contribution in [0.5, 0.6) is 0 Å². The second-order valence-electron chi connectivity index (χ2n) is 3.40. The minimum absolute atomic E-state index is 0.223. The van der Waals surface area contributed by atoms with Crippen LogP contribution in [0.2, 0.25) is 0 Å². The first-order valence-electron chi connectivity index (χ1n) is 4.99. The number of aliphatic carboxylic acids is 1. The standard InChI is InChI=1S/C10H14N2O4S/c1-6-11-8(5-17-6)9(13)12-7(10(14)15)3-4-16-2/h5,7H,3-4H2,1-2H3,(H,12,13)(H,14,15). The summed E-state index contributed by atoms with van der Waals surface area (Å²) in [6, 6.07) is -0.954. The quantitative estimate of drug-likeness (QED) is 0.783. The summed E-state index contributed by atoms with van der Waals surface area (Å²) in [5, 5.41) is 13.7. The Hall–Kier alpha value is -1.47. The highest BCUT2D eigenvalue weighted by Gasteiger charge is 2.21. The lowest BCUT2D eigenvalue weighted by Gasteiger charge is -2.12. The molecule has 7 heteroatoms. The maximum atomic E-state index is 11.7. The number of rotatable bonds is 6. The highest BCUT2D eigenvalue weighted by molar-refractivity contribution is 7.09. The van der Waals surface area contributed by atoms with Gasteiger partial charge in [-0.2, -0.15) is 0 Å². The van der Waals surface area contributed by atoms with E-state index in [2.05, 4.69) is 10.3 Å². The van der Waals surface area contributed by atoms with Crippen LogP contribution in [0.15, 0.2) is 5.38 Å². The summed E-state index contributed by atoms with van der Waals surface area (Å²) >= 11 is 1.34. The molecule has 1 amide bonds. The number of amides is 1. The second kappa shape index (κ2) is 6.31. The van der Waals surface area contributed by atoms with Gasteiger partial charge in [0.05, 0.1) is 5.01 Å². The lowest BCUT2D eigenvalue weighted by molar-refractivity contribution is -0.139. The van der Waals surface area contributed by atoms with E-state index in [1.165, 1.54) is 18.4 Å². The van der Waals surface area contributed by atoms with Gasteiger partial charge < -0.3 is 15.2 Å². The van der Waals surface area contributed by atoms with Gasteiger partial charge in [-0.3, -0.25) is 4.79 Å². The third kappa shape index (κ3) is 4.12. The normalized spacial score (nSPS) is 12.1. The molecule has 0 aliphatic carbocycles. The van der Waals surface area contributed by atoms with Crippen LogP contribution in [-0.4, -0.2) is 41.7 Å². The summed E-state index contributed by atoms with van der Waals surface area (Å²) in [4.78, 5) is 26.5. The van der Waals surface area contributed by atoms with E-state index in [0.29, 0.717) is 0 Å². The van der Waals surface area contributed by atoms with Crippen molar-refractivity contribution in [3.63, 3.8) is 0 Å². The Morgan fingerprint density at radius 1 is 1.65 bits per heavy atom. The summed E-state index contributed by atoms with van der Waals surface area (Å²) in [7, 11) is 1.48. The predicted molar refractivity (Wildman–Crippen MR) is 62.2 cm³/mol. The highest BCUT2D eigenvalue weighted by Crippen LogP contribution is 2.08. The molecule has 0 aliphatic rings. The Balaban J connectivity index is 2.60. The molecule has 94 valence electrons. The van der Waals surface area contributed by atoms with Crippen LogP contribution >= 0.6 is 11.3 Å². The van der Waals surface area contributed by atoms with Gasteiger partial charge in [0.1, 0.15) is 11.7 Å². The maximum Gasteiger partial charge on any atom is 0.326 e. The molecule has 1 heterocycles. The molecule has 1 rings (SSSR count). The third-order valence-corrected chi connectivity index (χ3v) is 2.84. The summed E-state index contributed by atoms with van der Waals surface area (Å²) < 4.78 is 4.79. The lowest BCUT2D eigenvalue weighted by atomic mass is 10.2. The first-order chi connectivity index (χ1) is 8.04. The van der Waals surface area contributed by atoms with Crippen LogP contribution in [0.25, 0.3) is 0 Å². The molecule has 0 saturated carbocycles. The molecule has 1 atom stereocenters. The zero-order valence-electron chi connectivity index (χ0n) is 9.60. The predicted octanol–water partition coefficient (Wildman–Crippen LogP) is 0.671. The van der Waals surface area contributed by atoms with Crippen LogP contribution in [0.3, 0.4) is 0 Å². The van der Waals surface area contributed by atoms with Crippen molar-refractivity contribution in [3.05, 3.63) is 16.1 Å². The second-order valence-corrected chi connectivity index (χ2v) is 4.46. The minimum atomic E-state index is -1.08. The van der Waals surface area contributed by atoms with Crippen LogP contribution in [0.1, 0.15) is 21.9 Å². The summed E-state index contributed by atoms with van der Waals surface area (Å²) in [6.45, 7) is 2.05. The molecule has 0 fully saturated rings. The molecule has 1 unspecified atom stereocenters. The maximum absolute atomic E-state index is 11.7. The van der Waals surface area contributed by atoms with Gasteiger partial charge >= 0.3 is 5.97 Å². The average Bonchev–Trinajstić information content (AvgIpc) is 2.70. The number of nitrogens with zero attached hydrogens (tertiary/aromatic N) is 1. The molecule has 6 nitrogen and oxygen atoms in total. The number of aryl methyl sites for hydroxylation is 1. The van der Waals surface area contributed by atoms with Gasteiger partial charge in [0, 0.05) is 25.5 Å². The van der Waals surface area contributed by atoms with Crippen molar-refractivity contribution in [2.75, 3.05) is 13.7 Å². The number of aromatic nitrogens is 1. The van der Waals surface area contributed by atoms with E-state index >= 15 is 0 Å². The van der Waals surface area contributed by atoms with Gasteiger partial charge in [0.2, 0.25) is 0 Å². The molecule has 1 aromatic rings. The minimum Gasteiger partial charge on any atom is -0.480 e. The van der Waals surface area contributed by atoms with Crippen molar-refractivity contribution in [2.24, 2.45) is 0 Å². The molecule has 17 heavy (non-hydrogen) atoms. The van der Waals surface area contributed by atoms with Gasteiger partial charge in [0.25, 0.3) is 5.91 Å². The molecular formula is C10H14N2O4S. The first-order valence-corrected chi connectivity index (χ1v) is 5.87. The summed E-state index contributed by atoms with van der Waals surface area (Å²) in [6.07, 6.45) is 0.223. The fourth-order valence-electron chi connectivity index (χ4n) is 1.19. The Kier molecular flexibility index (Phi) is 5.05.